The van der Waals surface area contributed by atoms with Gasteiger partial charge in [0.05, 0.1) is 6.07 Å². The van der Waals surface area contributed by atoms with Crippen LogP contribution in [-0.2, 0) is 0 Å². The van der Waals surface area contributed by atoms with Gasteiger partial charge in [-0.25, -0.2) is 0 Å². The second-order valence-corrected chi connectivity index (χ2v) is 3.65. The van der Waals surface area contributed by atoms with E-state index in [1.807, 2.05) is 0 Å². The van der Waals surface area contributed by atoms with Crippen molar-refractivity contribution in [3.05, 3.63) is 0 Å². The first-order valence-corrected chi connectivity index (χ1v) is 4.55. The highest BCUT2D eigenvalue weighted by Gasteiger charge is 2.36. The summed E-state index contributed by atoms with van der Waals surface area (Å²) in [6.07, 6.45) is 5.17. The van der Waals surface area contributed by atoms with Crippen LogP contribution in [0.3, 0.4) is 0 Å². The molecule has 1 heterocycles. The Balaban J connectivity index is 1.94. The van der Waals surface area contributed by atoms with E-state index in [0.717, 1.165) is 19.0 Å². The molecule has 0 radical (unpaired) electrons. The summed E-state index contributed by atoms with van der Waals surface area (Å²) >= 11 is 0. The van der Waals surface area contributed by atoms with Crippen LogP contribution in [0.1, 0.15) is 25.7 Å². The number of hydrogen-bond donors (Lipinski definition) is 0. The molecule has 0 N–H and O–H groups in total. The zero-order valence-electron chi connectivity index (χ0n) is 6.79. The summed E-state index contributed by atoms with van der Waals surface area (Å²) in [6.45, 7) is 2.32. The van der Waals surface area contributed by atoms with E-state index < -0.39 is 0 Å². The lowest BCUT2D eigenvalue weighted by atomic mass is 10.2. The normalized spacial score (nSPS) is 28.3. The van der Waals surface area contributed by atoms with Crippen molar-refractivity contribution in [1.82, 2.24) is 4.90 Å². The predicted molar refractivity (Wildman–Crippen MR) is 42.9 cm³/mol. The first-order chi connectivity index (χ1) is 5.42. The van der Waals surface area contributed by atoms with E-state index in [-0.39, 0.29) is 6.04 Å². The summed E-state index contributed by atoms with van der Waals surface area (Å²) in [5.41, 5.74) is 0. The van der Waals surface area contributed by atoms with Crippen molar-refractivity contribution in [2.45, 2.75) is 31.7 Å². The van der Waals surface area contributed by atoms with Crippen LogP contribution in [0.25, 0.3) is 0 Å². The first kappa shape index (κ1) is 7.12. The van der Waals surface area contributed by atoms with E-state index in [2.05, 4.69) is 11.0 Å². The summed E-state index contributed by atoms with van der Waals surface area (Å²) in [5.74, 6) is 0.720. The third kappa shape index (κ3) is 1.39. The van der Waals surface area contributed by atoms with Crippen molar-refractivity contribution in [2.24, 2.45) is 5.92 Å². The molecule has 1 aliphatic heterocycles. The maximum absolute atomic E-state index is 8.91. The van der Waals surface area contributed by atoms with Crippen LogP contribution in [0, 0.1) is 17.2 Å². The monoisotopic (exact) mass is 150 g/mol. The highest BCUT2D eigenvalue weighted by atomic mass is 15.2. The molecule has 2 nitrogen and oxygen atoms in total. The Hall–Kier alpha value is -0.550. The predicted octanol–water partition coefficient (Wildman–Crippen LogP) is 1.38. The van der Waals surface area contributed by atoms with Crippen LogP contribution in [0.4, 0.5) is 0 Å². The number of nitriles is 1. The molecule has 2 aliphatic rings. The molecule has 0 spiro atoms. The lowest BCUT2D eigenvalue weighted by Crippen LogP contribution is -2.32. The highest BCUT2D eigenvalue weighted by molar-refractivity contribution is 5.02. The van der Waals surface area contributed by atoms with Crippen molar-refractivity contribution < 1.29 is 0 Å². The second-order valence-electron chi connectivity index (χ2n) is 3.65. The molecule has 1 aliphatic carbocycles. The van der Waals surface area contributed by atoms with Gasteiger partial charge < -0.3 is 0 Å². The highest BCUT2D eigenvalue weighted by Crippen LogP contribution is 2.36. The Morgan fingerprint density at radius 2 is 1.91 bits per heavy atom. The minimum absolute atomic E-state index is 0.262. The molecule has 2 rings (SSSR count). The van der Waals surface area contributed by atoms with Crippen molar-refractivity contribution in [3.63, 3.8) is 0 Å². The van der Waals surface area contributed by atoms with Crippen LogP contribution >= 0.6 is 0 Å². The number of rotatable bonds is 2. The molecule has 60 valence electrons. The average Bonchev–Trinajstić information content (AvgIpc) is 2.68. The Morgan fingerprint density at radius 3 is 2.36 bits per heavy atom. The van der Waals surface area contributed by atoms with Gasteiger partial charge >= 0.3 is 0 Å². The fraction of sp³-hybridized carbons (Fsp3) is 0.889. The summed E-state index contributed by atoms with van der Waals surface area (Å²) < 4.78 is 0. The van der Waals surface area contributed by atoms with Gasteiger partial charge in [-0.2, -0.15) is 5.26 Å². The van der Waals surface area contributed by atoms with E-state index in [0.29, 0.717) is 0 Å². The minimum atomic E-state index is 0.262. The smallest absolute Gasteiger partial charge is 0.101 e. The SMILES string of the molecule is N#CC(C1CC1)N1CCCC1. The zero-order chi connectivity index (χ0) is 7.68. The molecule has 2 fully saturated rings. The number of nitrogens with zero attached hydrogens (tertiary/aromatic N) is 2. The summed E-state index contributed by atoms with van der Waals surface area (Å²) in [4.78, 5) is 2.36. The van der Waals surface area contributed by atoms with Gasteiger partial charge in [0.25, 0.3) is 0 Å². The van der Waals surface area contributed by atoms with Gasteiger partial charge in [-0.1, -0.05) is 0 Å². The van der Waals surface area contributed by atoms with Crippen molar-refractivity contribution in [1.29, 1.82) is 5.26 Å². The molecule has 0 amide bonds. The van der Waals surface area contributed by atoms with Gasteiger partial charge in [0, 0.05) is 0 Å². The van der Waals surface area contributed by atoms with E-state index in [1.165, 1.54) is 25.7 Å². The van der Waals surface area contributed by atoms with E-state index >= 15 is 0 Å². The van der Waals surface area contributed by atoms with Crippen LogP contribution in [0.15, 0.2) is 0 Å². The van der Waals surface area contributed by atoms with Crippen molar-refractivity contribution in [2.75, 3.05) is 13.1 Å². The second kappa shape index (κ2) is 2.83. The molecule has 0 aromatic rings. The molecule has 1 atom stereocenters. The van der Waals surface area contributed by atoms with Gasteiger partial charge in [0.15, 0.2) is 0 Å². The Kier molecular flexibility index (Phi) is 1.83. The van der Waals surface area contributed by atoms with E-state index in [9.17, 15) is 0 Å². The van der Waals surface area contributed by atoms with E-state index in [1.54, 1.807) is 0 Å². The minimum Gasteiger partial charge on any atom is -0.288 e. The molecular formula is C9H14N2. The Labute approximate surface area is 67.8 Å². The van der Waals surface area contributed by atoms with Gasteiger partial charge in [-0.05, 0) is 44.7 Å². The molecule has 2 heteroatoms. The standard InChI is InChI=1S/C9H14N2/c10-7-9(8-3-4-8)11-5-1-2-6-11/h8-9H,1-6H2. The van der Waals surface area contributed by atoms with Crippen LogP contribution in [-0.4, -0.2) is 24.0 Å². The lowest BCUT2D eigenvalue weighted by molar-refractivity contribution is 0.267. The van der Waals surface area contributed by atoms with E-state index in [4.69, 9.17) is 5.26 Å². The Bertz CT molecular complexity index is 172. The summed E-state index contributed by atoms with van der Waals surface area (Å²) in [5, 5.41) is 8.91. The molecule has 0 aromatic carbocycles. The topological polar surface area (TPSA) is 27.0 Å². The maximum Gasteiger partial charge on any atom is 0.101 e. The summed E-state index contributed by atoms with van der Waals surface area (Å²) in [7, 11) is 0. The maximum atomic E-state index is 8.91. The fourth-order valence-corrected chi connectivity index (χ4v) is 1.92. The fourth-order valence-electron chi connectivity index (χ4n) is 1.92. The Morgan fingerprint density at radius 1 is 1.27 bits per heavy atom. The molecule has 1 unspecified atom stereocenters. The zero-order valence-corrected chi connectivity index (χ0v) is 6.79. The summed E-state index contributed by atoms with van der Waals surface area (Å²) in [6, 6.07) is 2.69. The molecule has 1 saturated heterocycles. The van der Waals surface area contributed by atoms with Gasteiger partial charge in [0.2, 0.25) is 0 Å². The number of likely N-dealkylation sites (tertiary alicyclic amines) is 1. The van der Waals surface area contributed by atoms with Crippen LogP contribution < -0.4 is 0 Å². The third-order valence-corrected chi connectivity index (χ3v) is 2.73. The molecule has 11 heavy (non-hydrogen) atoms. The van der Waals surface area contributed by atoms with Gasteiger partial charge in [-0.3, -0.25) is 4.90 Å². The lowest BCUT2D eigenvalue weighted by Gasteiger charge is -2.20. The quantitative estimate of drug-likeness (QED) is 0.594. The third-order valence-electron chi connectivity index (χ3n) is 2.73. The molecule has 1 saturated carbocycles. The number of hydrogen-bond acceptors (Lipinski definition) is 2. The van der Waals surface area contributed by atoms with Crippen molar-refractivity contribution >= 4 is 0 Å². The molecule has 0 aromatic heterocycles. The van der Waals surface area contributed by atoms with Crippen LogP contribution in [0.2, 0.25) is 0 Å². The molecule has 0 bridgehead atoms. The molecular weight excluding hydrogens is 136 g/mol. The average molecular weight is 150 g/mol. The van der Waals surface area contributed by atoms with Crippen LogP contribution in [0.5, 0.6) is 0 Å². The van der Waals surface area contributed by atoms with Gasteiger partial charge in [-0.15, -0.1) is 0 Å². The van der Waals surface area contributed by atoms with Crippen molar-refractivity contribution in [3.8, 4) is 6.07 Å². The largest absolute Gasteiger partial charge is 0.288 e. The van der Waals surface area contributed by atoms with Gasteiger partial charge in [0.1, 0.15) is 6.04 Å². The first-order valence-electron chi connectivity index (χ1n) is 4.55.